The maximum atomic E-state index is 13.1. The summed E-state index contributed by atoms with van der Waals surface area (Å²) in [5.74, 6) is -0.119. The molecule has 3 aromatic carbocycles. The zero-order valence-corrected chi connectivity index (χ0v) is 16.1. The third-order valence-corrected chi connectivity index (χ3v) is 5.17. The van der Waals surface area contributed by atoms with Gasteiger partial charge in [-0.2, -0.15) is 0 Å². The van der Waals surface area contributed by atoms with Gasteiger partial charge in [0, 0.05) is 10.8 Å². The van der Waals surface area contributed by atoms with Gasteiger partial charge in [0.05, 0.1) is 18.1 Å². The minimum Gasteiger partial charge on any atom is -0.497 e. The fourth-order valence-corrected chi connectivity index (χ4v) is 3.75. The summed E-state index contributed by atoms with van der Waals surface area (Å²) >= 11 is 0. The molecule has 0 amide bonds. The molecule has 0 unspecified atom stereocenters. The van der Waals surface area contributed by atoms with Gasteiger partial charge in [-0.25, -0.2) is 0 Å². The summed E-state index contributed by atoms with van der Waals surface area (Å²) in [5, 5.41) is 10.4. The number of pyridine rings is 1. The molecule has 0 saturated carbocycles. The molecule has 4 rings (SSSR count). The fraction of sp³-hybridized carbons (Fsp3) is 0.167. The lowest BCUT2D eigenvalue weighted by atomic mass is 10.0. The van der Waals surface area contributed by atoms with Gasteiger partial charge in [-0.3, -0.25) is 9.59 Å². The van der Waals surface area contributed by atoms with Crippen LogP contribution in [0.25, 0.3) is 21.8 Å². The highest BCUT2D eigenvalue weighted by Gasteiger charge is 2.13. The van der Waals surface area contributed by atoms with Gasteiger partial charge in [-0.15, -0.1) is 0 Å². The molecule has 0 fully saturated rings. The molecular formula is C24H21NO4. The van der Waals surface area contributed by atoms with Crippen molar-refractivity contribution >= 4 is 27.8 Å². The number of carbonyl (C=O) groups is 1. The molecule has 0 aliphatic rings. The Morgan fingerprint density at radius 1 is 0.897 bits per heavy atom. The summed E-state index contributed by atoms with van der Waals surface area (Å²) in [5.41, 5.74) is 3.40. The third kappa shape index (κ3) is 3.72. The van der Waals surface area contributed by atoms with Crippen molar-refractivity contribution in [2.24, 2.45) is 0 Å². The van der Waals surface area contributed by atoms with Crippen LogP contribution in [0.5, 0.6) is 5.75 Å². The molecule has 0 aliphatic heterocycles. The average molecular weight is 387 g/mol. The lowest BCUT2D eigenvalue weighted by molar-refractivity contribution is -0.137. The number of hydrogen-bond acceptors (Lipinski definition) is 3. The van der Waals surface area contributed by atoms with Crippen LogP contribution >= 0.6 is 0 Å². The van der Waals surface area contributed by atoms with Gasteiger partial charge in [0.1, 0.15) is 12.3 Å². The van der Waals surface area contributed by atoms with Crippen molar-refractivity contribution in [2.45, 2.75) is 19.4 Å². The van der Waals surface area contributed by atoms with E-state index in [-0.39, 0.29) is 12.0 Å². The van der Waals surface area contributed by atoms with Gasteiger partial charge in [-0.1, -0.05) is 30.3 Å². The van der Waals surface area contributed by atoms with Crippen LogP contribution < -0.4 is 10.2 Å². The Balaban J connectivity index is 1.77. The van der Waals surface area contributed by atoms with Gasteiger partial charge >= 0.3 is 5.97 Å². The van der Waals surface area contributed by atoms with Crippen molar-refractivity contribution in [3.05, 3.63) is 88.1 Å². The summed E-state index contributed by atoms with van der Waals surface area (Å²) in [6.45, 7) is -0.194. The number of aromatic nitrogens is 1. The van der Waals surface area contributed by atoms with Crippen molar-refractivity contribution in [2.75, 3.05) is 7.11 Å². The molecule has 0 saturated heterocycles. The molecule has 0 bridgehead atoms. The molecular weight excluding hydrogens is 366 g/mol. The van der Waals surface area contributed by atoms with Crippen molar-refractivity contribution in [3.63, 3.8) is 0 Å². The Labute approximate surface area is 167 Å². The topological polar surface area (TPSA) is 68.5 Å². The number of aliphatic carboxylic acids is 1. The van der Waals surface area contributed by atoms with Crippen LogP contribution in [0, 0.1) is 0 Å². The van der Waals surface area contributed by atoms with Gasteiger partial charge in [0.25, 0.3) is 0 Å². The number of carboxylic acid groups (broad SMARTS) is 1. The molecule has 5 heteroatoms. The van der Waals surface area contributed by atoms with E-state index in [1.807, 2.05) is 42.5 Å². The van der Waals surface area contributed by atoms with Crippen LogP contribution in [-0.4, -0.2) is 22.8 Å². The largest absolute Gasteiger partial charge is 0.497 e. The number of hydrogen-bond donors (Lipinski definition) is 1. The van der Waals surface area contributed by atoms with Crippen molar-refractivity contribution in [1.29, 1.82) is 0 Å². The van der Waals surface area contributed by atoms with E-state index in [1.54, 1.807) is 29.9 Å². The lowest BCUT2D eigenvalue weighted by Crippen LogP contribution is -2.16. The molecule has 0 atom stereocenters. The number of methoxy groups -OCH3 is 1. The van der Waals surface area contributed by atoms with Crippen molar-refractivity contribution < 1.29 is 14.6 Å². The van der Waals surface area contributed by atoms with Crippen LogP contribution in [0.3, 0.4) is 0 Å². The van der Waals surface area contributed by atoms with E-state index in [0.29, 0.717) is 21.8 Å². The van der Waals surface area contributed by atoms with Crippen LogP contribution in [-0.2, 0) is 24.2 Å². The monoisotopic (exact) mass is 387 g/mol. The highest BCUT2D eigenvalue weighted by atomic mass is 16.5. The number of rotatable bonds is 6. The standard InChI is InChI=1S/C24H21NO4/c1-29-18-6-4-5-16(13-18)9-10-17-11-12-22-20(14-17)24(28)19-7-2-3-8-21(19)25(22)15-23(26)27/h2-8,11-14H,9-10,15H2,1H3,(H,26,27). The van der Waals surface area contributed by atoms with Crippen LogP contribution in [0.4, 0.5) is 0 Å². The molecule has 5 nitrogen and oxygen atoms in total. The smallest absolute Gasteiger partial charge is 0.323 e. The normalized spacial score (nSPS) is 11.1. The number of aryl methyl sites for hydroxylation is 2. The first-order valence-electron chi connectivity index (χ1n) is 9.46. The number of carboxylic acids is 1. The zero-order chi connectivity index (χ0) is 20.4. The van der Waals surface area contributed by atoms with Crippen molar-refractivity contribution in [3.8, 4) is 5.75 Å². The first kappa shape index (κ1) is 18.7. The highest BCUT2D eigenvalue weighted by molar-refractivity contribution is 5.94. The molecule has 1 N–H and O–H groups in total. The van der Waals surface area contributed by atoms with Crippen LogP contribution in [0.1, 0.15) is 11.1 Å². The van der Waals surface area contributed by atoms with Crippen LogP contribution in [0.15, 0.2) is 71.5 Å². The van der Waals surface area contributed by atoms with Gasteiger partial charge < -0.3 is 14.4 Å². The first-order valence-corrected chi connectivity index (χ1v) is 9.46. The fourth-order valence-electron chi connectivity index (χ4n) is 3.75. The molecule has 0 spiro atoms. The SMILES string of the molecule is COc1cccc(CCc2ccc3c(c2)c(=O)c2ccccc2n3CC(=O)O)c1. The number of fused-ring (bicyclic) bond motifs is 2. The molecule has 1 aromatic heterocycles. The van der Waals surface area contributed by atoms with E-state index in [1.165, 1.54) is 0 Å². The van der Waals surface area contributed by atoms with E-state index in [4.69, 9.17) is 4.74 Å². The number of benzene rings is 3. The molecule has 1 heterocycles. The Bertz CT molecular complexity index is 1270. The Morgan fingerprint density at radius 3 is 2.38 bits per heavy atom. The predicted molar refractivity (Wildman–Crippen MR) is 114 cm³/mol. The van der Waals surface area contributed by atoms with Gasteiger partial charge in [-0.05, 0) is 60.4 Å². The van der Waals surface area contributed by atoms with Gasteiger partial charge in [0.2, 0.25) is 0 Å². The van der Waals surface area contributed by atoms with Crippen LogP contribution in [0.2, 0.25) is 0 Å². The second kappa shape index (κ2) is 7.80. The van der Waals surface area contributed by atoms with Crippen molar-refractivity contribution in [1.82, 2.24) is 4.57 Å². The van der Waals surface area contributed by atoms with E-state index in [0.717, 1.165) is 29.7 Å². The number of ether oxygens (including phenoxy) is 1. The first-order chi connectivity index (χ1) is 14.1. The van der Waals surface area contributed by atoms with E-state index >= 15 is 0 Å². The van der Waals surface area contributed by atoms with E-state index in [2.05, 4.69) is 6.07 Å². The number of nitrogens with zero attached hydrogens (tertiary/aromatic N) is 1. The summed E-state index contributed by atoms with van der Waals surface area (Å²) in [6.07, 6.45) is 1.59. The van der Waals surface area contributed by atoms with E-state index < -0.39 is 5.97 Å². The van der Waals surface area contributed by atoms with E-state index in [9.17, 15) is 14.7 Å². The highest BCUT2D eigenvalue weighted by Crippen LogP contribution is 2.22. The minimum atomic E-state index is -0.942. The maximum absolute atomic E-state index is 13.1. The zero-order valence-electron chi connectivity index (χ0n) is 16.1. The number of para-hydroxylation sites is 1. The maximum Gasteiger partial charge on any atom is 0.323 e. The second-order valence-corrected chi connectivity index (χ2v) is 7.03. The molecule has 4 aromatic rings. The second-order valence-electron chi connectivity index (χ2n) is 7.03. The molecule has 146 valence electrons. The molecule has 0 radical (unpaired) electrons. The molecule has 29 heavy (non-hydrogen) atoms. The average Bonchev–Trinajstić information content (AvgIpc) is 2.75. The Hall–Kier alpha value is -3.60. The minimum absolute atomic E-state index is 0.0690. The van der Waals surface area contributed by atoms with Gasteiger partial charge in [0.15, 0.2) is 5.43 Å². The molecule has 0 aliphatic carbocycles. The Morgan fingerprint density at radius 2 is 1.62 bits per heavy atom. The summed E-state index contributed by atoms with van der Waals surface area (Å²) in [7, 11) is 1.65. The Kier molecular flexibility index (Phi) is 5.04. The lowest BCUT2D eigenvalue weighted by Gasteiger charge is -2.14. The summed E-state index contributed by atoms with van der Waals surface area (Å²) < 4.78 is 6.97. The summed E-state index contributed by atoms with van der Waals surface area (Å²) in [4.78, 5) is 24.5. The summed E-state index contributed by atoms with van der Waals surface area (Å²) in [6, 6.07) is 20.8. The third-order valence-electron chi connectivity index (χ3n) is 5.17. The quantitative estimate of drug-likeness (QED) is 0.507. The predicted octanol–water partition coefficient (Wildman–Crippen LogP) is 4.03.